The second-order valence-corrected chi connectivity index (χ2v) is 15.4. The number of hydrogen-bond acceptors (Lipinski definition) is 4. The third-order valence-electron chi connectivity index (χ3n) is 11.8. The highest BCUT2D eigenvalue weighted by Crippen LogP contribution is 2.43. The van der Waals surface area contributed by atoms with E-state index < -0.39 is 0 Å². The zero-order valence-corrected chi connectivity index (χ0v) is 33.5. The molecule has 8 aromatic carbocycles. The van der Waals surface area contributed by atoms with Gasteiger partial charge in [-0.1, -0.05) is 176 Å². The zero-order valence-electron chi connectivity index (χ0n) is 33.5. The third kappa shape index (κ3) is 5.88. The lowest BCUT2D eigenvalue weighted by atomic mass is 10.0. The van der Waals surface area contributed by atoms with Gasteiger partial charge in [0.1, 0.15) is 0 Å². The number of fused-ring (bicyclic) bond motifs is 7. The van der Waals surface area contributed by atoms with Crippen LogP contribution < -0.4 is 0 Å². The topological polar surface area (TPSA) is 61.4 Å². The Balaban J connectivity index is 1.09. The predicted molar refractivity (Wildman–Crippen MR) is 253 cm³/mol. The normalized spacial score (nSPS) is 11.5. The van der Waals surface area contributed by atoms with Crippen LogP contribution in [0.25, 0.3) is 112 Å². The Labute approximate surface area is 357 Å². The molecule has 0 bridgehead atoms. The van der Waals surface area contributed by atoms with Crippen molar-refractivity contribution in [1.29, 1.82) is 0 Å². The van der Waals surface area contributed by atoms with Crippen LogP contribution in [0.5, 0.6) is 0 Å². The molecule has 0 unspecified atom stereocenters. The van der Waals surface area contributed by atoms with Crippen LogP contribution in [0, 0.1) is 0 Å². The SMILES string of the molecule is c1ccc(-c2ccc(-c3nc(-c4ccccc4)nc(-n4c5ccccc5c5c6c7ccccc7n(-c7ccccc7-c7cccc(-c8ccccc8)n7)c6ccc54)n3)cc2)cc1. The average Bonchev–Trinajstić information content (AvgIpc) is 3.88. The minimum atomic E-state index is 0.560. The highest BCUT2D eigenvalue weighted by Gasteiger charge is 2.23. The number of hydrogen-bond donors (Lipinski definition) is 0. The maximum absolute atomic E-state index is 5.27. The Morgan fingerprint density at radius 1 is 0.274 bits per heavy atom. The van der Waals surface area contributed by atoms with Crippen LogP contribution in [0.15, 0.2) is 218 Å². The van der Waals surface area contributed by atoms with Gasteiger partial charge in [-0.2, -0.15) is 9.97 Å². The van der Waals surface area contributed by atoms with E-state index in [1.807, 2.05) is 30.3 Å². The minimum Gasteiger partial charge on any atom is -0.309 e. The summed E-state index contributed by atoms with van der Waals surface area (Å²) >= 11 is 0. The molecule has 0 saturated heterocycles. The summed E-state index contributed by atoms with van der Waals surface area (Å²) in [4.78, 5) is 20.8. The first-order chi connectivity index (χ1) is 30.8. The van der Waals surface area contributed by atoms with Crippen LogP contribution in [-0.2, 0) is 0 Å². The van der Waals surface area contributed by atoms with Crippen molar-refractivity contribution in [3.05, 3.63) is 218 Å². The molecule has 4 heterocycles. The summed E-state index contributed by atoms with van der Waals surface area (Å²) in [7, 11) is 0. The number of nitrogens with zero attached hydrogens (tertiary/aromatic N) is 6. The maximum Gasteiger partial charge on any atom is 0.238 e. The molecule has 0 spiro atoms. The smallest absolute Gasteiger partial charge is 0.238 e. The van der Waals surface area contributed by atoms with E-state index in [0.29, 0.717) is 17.6 Å². The molecule has 0 N–H and O–H groups in total. The summed E-state index contributed by atoms with van der Waals surface area (Å²) in [6.07, 6.45) is 0. The molecule has 0 aliphatic heterocycles. The van der Waals surface area contributed by atoms with Crippen molar-refractivity contribution in [1.82, 2.24) is 29.1 Å². The molecule has 12 rings (SSSR count). The summed E-state index contributed by atoms with van der Waals surface area (Å²) in [5.41, 5.74) is 13.5. The first-order valence-corrected chi connectivity index (χ1v) is 20.8. The number of aromatic nitrogens is 6. The average molecular weight is 793 g/mol. The van der Waals surface area contributed by atoms with E-state index in [4.69, 9.17) is 19.9 Å². The van der Waals surface area contributed by atoms with Gasteiger partial charge in [0.2, 0.25) is 5.95 Å². The van der Waals surface area contributed by atoms with Crippen LogP contribution in [0.2, 0.25) is 0 Å². The molecule has 290 valence electrons. The fraction of sp³-hybridized carbons (Fsp3) is 0. The molecule has 0 radical (unpaired) electrons. The Morgan fingerprint density at radius 2 is 0.742 bits per heavy atom. The molecule has 6 heteroatoms. The monoisotopic (exact) mass is 792 g/mol. The van der Waals surface area contributed by atoms with Gasteiger partial charge in [-0.25, -0.2) is 9.97 Å². The van der Waals surface area contributed by atoms with Crippen LogP contribution in [0.3, 0.4) is 0 Å². The summed E-state index contributed by atoms with van der Waals surface area (Å²) < 4.78 is 4.61. The van der Waals surface area contributed by atoms with Crippen molar-refractivity contribution in [2.24, 2.45) is 0 Å². The summed E-state index contributed by atoms with van der Waals surface area (Å²) in [6.45, 7) is 0. The second kappa shape index (κ2) is 14.7. The molecule has 4 aromatic heterocycles. The fourth-order valence-corrected chi connectivity index (χ4v) is 8.99. The highest BCUT2D eigenvalue weighted by molar-refractivity contribution is 6.29. The Bertz CT molecular complexity index is 3610. The fourth-order valence-electron chi connectivity index (χ4n) is 8.99. The minimum absolute atomic E-state index is 0.560. The van der Waals surface area contributed by atoms with E-state index >= 15 is 0 Å². The standard InChI is InChI=1S/C56H36N6/c1-4-17-37(18-5-1)38-31-33-41(34-32-38)55-58-54(40-21-8-3-9-22-40)59-56(60-55)62-49-30-15-12-25-44(49)53-51(62)36-35-50-52(53)43-24-11-14-29-48(43)61(50)47-28-13-10-23-42(47)46-27-16-26-45(57-46)39-19-6-2-7-20-39/h1-36H. The Morgan fingerprint density at radius 3 is 1.40 bits per heavy atom. The first kappa shape index (κ1) is 35.5. The van der Waals surface area contributed by atoms with Crippen molar-refractivity contribution in [2.45, 2.75) is 0 Å². The van der Waals surface area contributed by atoms with Gasteiger partial charge in [-0.3, -0.25) is 4.57 Å². The third-order valence-corrected chi connectivity index (χ3v) is 11.8. The van der Waals surface area contributed by atoms with Crippen molar-refractivity contribution >= 4 is 43.6 Å². The molecule has 0 aliphatic rings. The highest BCUT2D eigenvalue weighted by atomic mass is 15.2. The lowest BCUT2D eigenvalue weighted by Gasteiger charge is -2.14. The maximum atomic E-state index is 5.27. The van der Waals surface area contributed by atoms with Crippen molar-refractivity contribution in [2.75, 3.05) is 0 Å². The Kier molecular flexibility index (Phi) is 8.38. The van der Waals surface area contributed by atoms with Gasteiger partial charge in [0.15, 0.2) is 11.6 Å². The molecule has 12 aromatic rings. The largest absolute Gasteiger partial charge is 0.309 e. The second-order valence-electron chi connectivity index (χ2n) is 15.4. The molecular weight excluding hydrogens is 757 g/mol. The molecule has 0 atom stereocenters. The van der Waals surface area contributed by atoms with Crippen LogP contribution in [0.1, 0.15) is 0 Å². The van der Waals surface area contributed by atoms with Crippen LogP contribution >= 0.6 is 0 Å². The van der Waals surface area contributed by atoms with Crippen molar-refractivity contribution in [3.8, 4) is 68.1 Å². The van der Waals surface area contributed by atoms with Crippen LogP contribution in [0.4, 0.5) is 0 Å². The molecular formula is C56H36N6. The van der Waals surface area contributed by atoms with Crippen molar-refractivity contribution < 1.29 is 0 Å². The molecule has 6 nitrogen and oxygen atoms in total. The quantitative estimate of drug-likeness (QED) is 0.161. The summed E-state index contributed by atoms with van der Waals surface area (Å²) in [5.74, 6) is 1.78. The summed E-state index contributed by atoms with van der Waals surface area (Å²) in [6, 6.07) is 76.1. The van der Waals surface area contributed by atoms with Gasteiger partial charge >= 0.3 is 0 Å². The number of para-hydroxylation sites is 3. The molecule has 0 saturated carbocycles. The van der Waals surface area contributed by atoms with E-state index in [0.717, 1.165) is 88.7 Å². The van der Waals surface area contributed by atoms with Crippen LogP contribution in [-0.4, -0.2) is 29.1 Å². The van der Waals surface area contributed by atoms with Gasteiger partial charge in [0.05, 0.1) is 39.1 Å². The van der Waals surface area contributed by atoms with E-state index in [9.17, 15) is 0 Å². The molecule has 0 amide bonds. The predicted octanol–water partition coefficient (Wildman–Crippen LogP) is 13.8. The van der Waals surface area contributed by atoms with E-state index in [2.05, 4.69) is 197 Å². The molecule has 62 heavy (non-hydrogen) atoms. The van der Waals surface area contributed by atoms with Gasteiger partial charge < -0.3 is 4.57 Å². The van der Waals surface area contributed by atoms with Crippen molar-refractivity contribution in [3.63, 3.8) is 0 Å². The number of benzene rings is 8. The zero-order chi connectivity index (χ0) is 41.0. The molecule has 0 aliphatic carbocycles. The first-order valence-electron chi connectivity index (χ1n) is 20.8. The van der Waals surface area contributed by atoms with Gasteiger partial charge in [0.25, 0.3) is 0 Å². The molecule has 0 fully saturated rings. The van der Waals surface area contributed by atoms with E-state index in [-0.39, 0.29) is 0 Å². The number of pyridine rings is 1. The Hall–Kier alpha value is -8.48. The lowest BCUT2D eigenvalue weighted by molar-refractivity contribution is 0.953. The van der Waals surface area contributed by atoms with Gasteiger partial charge in [-0.15, -0.1) is 0 Å². The lowest BCUT2D eigenvalue weighted by Crippen LogP contribution is -2.06. The van der Waals surface area contributed by atoms with E-state index in [1.54, 1.807) is 0 Å². The van der Waals surface area contributed by atoms with Gasteiger partial charge in [0, 0.05) is 43.8 Å². The summed E-state index contributed by atoms with van der Waals surface area (Å²) in [5, 5.41) is 4.60. The number of rotatable bonds is 7. The van der Waals surface area contributed by atoms with Gasteiger partial charge in [-0.05, 0) is 53.6 Å². The van der Waals surface area contributed by atoms with E-state index in [1.165, 1.54) is 5.39 Å².